The first kappa shape index (κ1) is 15.9. The van der Waals surface area contributed by atoms with Crippen molar-refractivity contribution in [3.05, 3.63) is 40.5 Å². The molecule has 0 fully saturated rings. The zero-order chi connectivity index (χ0) is 15.5. The van der Waals surface area contributed by atoms with Gasteiger partial charge in [0.05, 0.1) is 11.4 Å². The quantitative estimate of drug-likeness (QED) is 0.826. The van der Waals surface area contributed by atoms with Gasteiger partial charge in [-0.3, -0.25) is 0 Å². The monoisotopic (exact) mass is 330 g/mol. The largest absolute Gasteiger partial charge is 0.340 e. The Morgan fingerprint density at radius 1 is 1.33 bits per heavy atom. The molecule has 1 heterocycles. The predicted octanol–water partition coefficient (Wildman–Crippen LogP) is 1.23. The molecule has 21 heavy (non-hydrogen) atoms. The van der Waals surface area contributed by atoms with Crippen molar-refractivity contribution < 1.29 is 12.9 Å². The maximum absolute atomic E-state index is 12.2. The van der Waals surface area contributed by atoms with Crippen LogP contribution in [0.25, 0.3) is 0 Å². The number of hydrogen-bond donors (Lipinski definition) is 2. The van der Waals surface area contributed by atoms with Gasteiger partial charge in [0.1, 0.15) is 0 Å². The van der Waals surface area contributed by atoms with Gasteiger partial charge >= 0.3 is 0 Å². The summed E-state index contributed by atoms with van der Waals surface area (Å²) in [5.74, 6) is 0.660. The Morgan fingerprint density at radius 3 is 2.71 bits per heavy atom. The highest BCUT2D eigenvalue weighted by atomic mass is 35.5. The van der Waals surface area contributed by atoms with E-state index in [2.05, 4.69) is 20.2 Å². The van der Waals surface area contributed by atoms with Crippen LogP contribution in [0, 0.1) is 6.92 Å². The van der Waals surface area contributed by atoms with E-state index in [0.29, 0.717) is 23.0 Å². The summed E-state index contributed by atoms with van der Waals surface area (Å²) < 4.78 is 31.6. The second-order valence-corrected chi connectivity index (χ2v) is 6.51. The number of halogens is 1. The molecule has 2 N–H and O–H groups in total. The summed E-state index contributed by atoms with van der Waals surface area (Å²) in [6.07, 6.45) is 0. The topological polar surface area (TPSA) is 97.1 Å². The molecule has 0 saturated heterocycles. The molecule has 114 valence electrons. The molecule has 7 nitrogen and oxygen atoms in total. The van der Waals surface area contributed by atoms with Gasteiger partial charge in [-0.05, 0) is 30.8 Å². The number of aryl methyl sites for hydroxylation is 1. The van der Waals surface area contributed by atoms with Gasteiger partial charge in [0.2, 0.25) is 15.9 Å². The lowest BCUT2D eigenvalue weighted by molar-refractivity contribution is 0.387. The fraction of sp³-hybridized carbons (Fsp3) is 0.333. The Bertz CT molecular complexity index is 730. The first-order valence-electron chi connectivity index (χ1n) is 6.14. The third-order valence-corrected chi connectivity index (χ3v) is 4.45. The van der Waals surface area contributed by atoms with Gasteiger partial charge in [0.25, 0.3) is 0 Å². The van der Waals surface area contributed by atoms with Crippen LogP contribution in [0.5, 0.6) is 0 Å². The van der Waals surface area contributed by atoms with Crippen LogP contribution in [-0.2, 0) is 23.1 Å². The van der Waals surface area contributed by atoms with E-state index in [1.165, 1.54) is 12.1 Å². The minimum Gasteiger partial charge on any atom is -0.340 e. The summed E-state index contributed by atoms with van der Waals surface area (Å²) in [6.45, 7) is 2.07. The van der Waals surface area contributed by atoms with E-state index >= 15 is 0 Å². The highest BCUT2D eigenvalue weighted by Crippen LogP contribution is 2.20. The molecule has 0 saturated carbocycles. The van der Waals surface area contributed by atoms with Gasteiger partial charge in [-0.15, -0.1) is 0 Å². The number of sulfonamides is 1. The smallest absolute Gasteiger partial charge is 0.240 e. The predicted molar refractivity (Wildman–Crippen MR) is 77.3 cm³/mol. The third kappa shape index (κ3) is 4.01. The van der Waals surface area contributed by atoms with E-state index in [1.807, 2.05) is 0 Å². The maximum Gasteiger partial charge on any atom is 0.240 e. The highest BCUT2D eigenvalue weighted by Gasteiger charge is 2.16. The Hall–Kier alpha value is -1.48. The number of nitrogens with one attached hydrogen (secondary N) is 2. The van der Waals surface area contributed by atoms with E-state index in [4.69, 9.17) is 16.1 Å². The number of hydrogen-bond acceptors (Lipinski definition) is 6. The van der Waals surface area contributed by atoms with Gasteiger partial charge in [0.15, 0.2) is 5.82 Å². The van der Waals surface area contributed by atoms with Crippen LogP contribution in [0.3, 0.4) is 0 Å². The maximum atomic E-state index is 12.2. The standard InChI is InChI=1S/C12H15ClN4O3S/c1-8-16-12(17-20-8)7-15-21(18,19)10-3-4-11(13)9(5-10)6-14-2/h3-5,14-15H,6-7H2,1-2H3. The van der Waals surface area contributed by atoms with Gasteiger partial charge in [-0.1, -0.05) is 16.8 Å². The lowest BCUT2D eigenvalue weighted by atomic mass is 10.2. The Kier molecular flexibility index (Phi) is 4.94. The molecule has 0 aliphatic rings. The average Bonchev–Trinajstić information content (AvgIpc) is 2.85. The summed E-state index contributed by atoms with van der Waals surface area (Å²) in [4.78, 5) is 4.07. The van der Waals surface area contributed by atoms with E-state index < -0.39 is 10.0 Å². The lowest BCUT2D eigenvalue weighted by Crippen LogP contribution is -2.24. The van der Waals surface area contributed by atoms with Crippen LogP contribution >= 0.6 is 11.6 Å². The molecule has 1 aromatic heterocycles. The summed E-state index contributed by atoms with van der Waals surface area (Å²) in [5, 5.41) is 7.07. The zero-order valence-electron chi connectivity index (χ0n) is 11.6. The Morgan fingerprint density at radius 2 is 2.10 bits per heavy atom. The summed E-state index contributed by atoms with van der Waals surface area (Å²) in [7, 11) is -1.91. The molecule has 0 aliphatic heterocycles. The number of benzene rings is 1. The SMILES string of the molecule is CNCc1cc(S(=O)(=O)NCc2noc(C)n2)ccc1Cl. The Labute approximate surface area is 127 Å². The summed E-state index contributed by atoms with van der Waals surface area (Å²) in [6, 6.07) is 4.54. The van der Waals surface area contributed by atoms with Crippen molar-refractivity contribution in [2.24, 2.45) is 0 Å². The minimum absolute atomic E-state index is 0.0380. The zero-order valence-corrected chi connectivity index (χ0v) is 13.1. The second kappa shape index (κ2) is 6.52. The first-order valence-corrected chi connectivity index (χ1v) is 8.00. The molecule has 0 spiro atoms. The average molecular weight is 331 g/mol. The Balaban J connectivity index is 2.17. The minimum atomic E-state index is -3.66. The van der Waals surface area contributed by atoms with E-state index in [1.54, 1.807) is 20.0 Å². The van der Waals surface area contributed by atoms with Crippen LogP contribution in [0.15, 0.2) is 27.6 Å². The van der Waals surface area contributed by atoms with Crippen molar-refractivity contribution in [3.8, 4) is 0 Å². The molecule has 0 amide bonds. The molecule has 0 bridgehead atoms. The fourth-order valence-electron chi connectivity index (χ4n) is 1.70. The van der Waals surface area contributed by atoms with Crippen LogP contribution in [0.1, 0.15) is 17.3 Å². The molecule has 0 aliphatic carbocycles. The third-order valence-electron chi connectivity index (χ3n) is 2.68. The second-order valence-electron chi connectivity index (χ2n) is 4.34. The van der Waals surface area contributed by atoms with Crippen molar-refractivity contribution in [1.82, 2.24) is 20.2 Å². The fourth-order valence-corrected chi connectivity index (χ4v) is 2.91. The number of nitrogens with zero attached hydrogens (tertiary/aromatic N) is 2. The molecule has 9 heteroatoms. The van der Waals surface area contributed by atoms with Crippen LogP contribution in [0.4, 0.5) is 0 Å². The molecule has 1 aromatic carbocycles. The van der Waals surface area contributed by atoms with Gasteiger partial charge in [0, 0.05) is 18.5 Å². The normalized spacial score (nSPS) is 11.8. The summed E-state index contributed by atoms with van der Waals surface area (Å²) >= 11 is 6.01. The van der Waals surface area contributed by atoms with Crippen molar-refractivity contribution in [1.29, 1.82) is 0 Å². The molecule has 2 rings (SSSR count). The summed E-state index contributed by atoms with van der Waals surface area (Å²) in [5.41, 5.74) is 0.706. The first-order chi connectivity index (χ1) is 9.92. The van der Waals surface area contributed by atoms with Crippen LogP contribution < -0.4 is 10.0 Å². The molecule has 0 unspecified atom stereocenters. The number of rotatable bonds is 6. The van der Waals surface area contributed by atoms with Crippen molar-refractivity contribution >= 4 is 21.6 Å². The van der Waals surface area contributed by atoms with E-state index in [0.717, 1.165) is 0 Å². The molecular formula is C12H15ClN4O3S. The molecular weight excluding hydrogens is 316 g/mol. The molecule has 0 radical (unpaired) electrons. The van der Waals surface area contributed by atoms with Crippen LogP contribution in [0.2, 0.25) is 5.02 Å². The van der Waals surface area contributed by atoms with Crippen molar-refractivity contribution in [3.63, 3.8) is 0 Å². The van der Waals surface area contributed by atoms with Crippen LogP contribution in [-0.4, -0.2) is 25.6 Å². The van der Waals surface area contributed by atoms with Gasteiger partial charge in [-0.25, -0.2) is 13.1 Å². The van der Waals surface area contributed by atoms with E-state index in [9.17, 15) is 8.42 Å². The molecule has 0 atom stereocenters. The highest BCUT2D eigenvalue weighted by molar-refractivity contribution is 7.89. The van der Waals surface area contributed by atoms with Gasteiger partial charge < -0.3 is 9.84 Å². The van der Waals surface area contributed by atoms with Crippen molar-refractivity contribution in [2.45, 2.75) is 24.9 Å². The lowest BCUT2D eigenvalue weighted by Gasteiger charge is -2.08. The van der Waals surface area contributed by atoms with E-state index in [-0.39, 0.29) is 17.3 Å². The van der Waals surface area contributed by atoms with Crippen molar-refractivity contribution in [2.75, 3.05) is 7.05 Å². The molecule has 2 aromatic rings. The number of aromatic nitrogens is 2. The van der Waals surface area contributed by atoms with Gasteiger partial charge in [-0.2, -0.15) is 4.98 Å².